The number of hydrogen-bond donors (Lipinski definition) is 0. The SMILES string of the molecule is CC(C)CCCC(C)C1CCC2C3CCC4CC(=O)OC(=O)CC4(C)C3CCC12C. The number of ether oxygens (including phenoxy) is 1. The molecule has 8 atom stereocenters. The molecule has 0 radical (unpaired) electrons. The van der Waals surface area contributed by atoms with Crippen molar-refractivity contribution >= 4 is 11.9 Å². The lowest BCUT2D eigenvalue weighted by Crippen LogP contribution is -2.52. The lowest BCUT2D eigenvalue weighted by Gasteiger charge is -2.58. The van der Waals surface area contributed by atoms with Gasteiger partial charge in [0.25, 0.3) is 0 Å². The summed E-state index contributed by atoms with van der Waals surface area (Å²) in [5.41, 5.74) is 0.428. The zero-order chi connectivity index (χ0) is 21.7. The van der Waals surface area contributed by atoms with E-state index in [4.69, 9.17) is 4.74 Å². The fourth-order valence-electron chi connectivity index (χ4n) is 8.89. The predicted molar refractivity (Wildman–Crippen MR) is 120 cm³/mol. The number of hydrogen-bond acceptors (Lipinski definition) is 3. The molecule has 0 aromatic heterocycles. The molecule has 1 saturated heterocycles. The summed E-state index contributed by atoms with van der Waals surface area (Å²) in [7, 11) is 0. The van der Waals surface area contributed by atoms with Gasteiger partial charge in [-0.2, -0.15) is 0 Å². The highest BCUT2D eigenvalue weighted by Crippen LogP contribution is 2.67. The first-order chi connectivity index (χ1) is 14.1. The Bertz CT molecular complexity index is 669. The molecule has 3 saturated carbocycles. The number of esters is 2. The van der Waals surface area contributed by atoms with E-state index in [1.54, 1.807) is 0 Å². The van der Waals surface area contributed by atoms with E-state index >= 15 is 0 Å². The standard InChI is InChI=1S/C27H44O3/c1-17(2)7-6-8-18(3)21-11-12-22-20-10-9-19-15-24(28)30-25(29)16-27(19,5)23(20)13-14-26(21,22)4/h17-23H,6-16H2,1-5H3. The van der Waals surface area contributed by atoms with Crippen LogP contribution in [0.2, 0.25) is 0 Å². The minimum absolute atomic E-state index is 0.0472. The third-order valence-electron chi connectivity index (χ3n) is 10.4. The number of carbonyl (C=O) groups excluding carboxylic acids is 2. The molecule has 3 heteroatoms. The first-order valence-corrected chi connectivity index (χ1v) is 12.9. The van der Waals surface area contributed by atoms with Gasteiger partial charge in [0, 0.05) is 6.42 Å². The van der Waals surface area contributed by atoms with Crippen LogP contribution in [0, 0.1) is 52.3 Å². The molecule has 0 bridgehead atoms. The monoisotopic (exact) mass is 416 g/mol. The van der Waals surface area contributed by atoms with Crippen molar-refractivity contribution in [2.24, 2.45) is 52.3 Å². The first kappa shape index (κ1) is 22.3. The van der Waals surface area contributed by atoms with Crippen molar-refractivity contribution in [3.05, 3.63) is 0 Å². The van der Waals surface area contributed by atoms with Crippen LogP contribution in [0.3, 0.4) is 0 Å². The highest BCUT2D eigenvalue weighted by atomic mass is 16.6. The zero-order valence-electron chi connectivity index (χ0n) is 20.0. The van der Waals surface area contributed by atoms with Gasteiger partial charge in [-0.25, -0.2) is 0 Å². The Morgan fingerprint density at radius 2 is 1.63 bits per heavy atom. The number of fused-ring (bicyclic) bond motifs is 5. The van der Waals surface area contributed by atoms with Crippen LogP contribution in [0.25, 0.3) is 0 Å². The fourth-order valence-corrected chi connectivity index (χ4v) is 8.89. The molecule has 4 rings (SSSR count). The second-order valence-electron chi connectivity index (χ2n) is 12.4. The van der Waals surface area contributed by atoms with Crippen LogP contribution in [0.15, 0.2) is 0 Å². The molecule has 170 valence electrons. The zero-order valence-corrected chi connectivity index (χ0v) is 20.0. The summed E-state index contributed by atoms with van der Waals surface area (Å²) in [5.74, 6) is 4.39. The first-order valence-electron chi connectivity index (χ1n) is 12.9. The Labute approximate surface area is 184 Å². The molecule has 0 N–H and O–H groups in total. The van der Waals surface area contributed by atoms with Gasteiger partial charge in [-0.1, -0.05) is 53.9 Å². The van der Waals surface area contributed by atoms with E-state index in [2.05, 4.69) is 34.6 Å². The normalized spacial score (nSPS) is 44.7. The van der Waals surface area contributed by atoms with Gasteiger partial charge in [-0.15, -0.1) is 0 Å². The van der Waals surface area contributed by atoms with Gasteiger partial charge < -0.3 is 4.74 Å². The Morgan fingerprint density at radius 1 is 0.900 bits per heavy atom. The smallest absolute Gasteiger partial charge is 0.314 e. The van der Waals surface area contributed by atoms with Crippen LogP contribution in [-0.4, -0.2) is 11.9 Å². The summed E-state index contributed by atoms with van der Waals surface area (Å²) in [6, 6.07) is 0. The highest BCUT2D eigenvalue weighted by molar-refractivity contribution is 5.87. The van der Waals surface area contributed by atoms with E-state index in [-0.39, 0.29) is 17.4 Å². The lowest BCUT2D eigenvalue weighted by atomic mass is 9.46. The summed E-state index contributed by atoms with van der Waals surface area (Å²) in [4.78, 5) is 24.5. The van der Waals surface area contributed by atoms with Gasteiger partial charge in [-0.05, 0) is 90.8 Å². The molecular formula is C27H44O3. The Morgan fingerprint density at radius 3 is 2.37 bits per heavy atom. The van der Waals surface area contributed by atoms with Crippen molar-refractivity contribution in [2.75, 3.05) is 0 Å². The van der Waals surface area contributed by atoms with Crippen LogP contribution in [0.4, 0.5) is 0 Å². The summed E-state index contributed by atoms with van der Waals surface area (Å²) < 4.78 is 5.08. The Kier molecular flexibility index (Phi) is 6.14. The summed E-state index contributed by atoms with van der Waals surface area (Å²) in [6.45, 7) is 12.1. The van der Waals surface area contributed by atoms with E-state index in [0.717, 1.165) is 36.0 Å². The molecule has 0 aromatic rings. The average Bonchev–Trinajstić information content (AvgIpc) is 2.94. The van der Waals surface area contributed by atoms with Crippen LogP contribution in [0.5, 0.6) is 0 Å². The van der Waals surface area contributed by atoms with Gasteiger partial charge in [0.15, 0.2) is 0 Å². The molecule has 0 aromatic carbocycles. The van der Waals surface area contributed by atoms with Crippen molar-refractivity contribution in [3.63, 3.8) is 0 Å². The van der Waals surface area contributed by atoms with Crippen LogP contribution in [0.1, 0.15) is 105 Å². The third kappa shape index (κ3) is 3.77. The number of rotatable bonds is 5. The third-order valence-corrected chi connectivity index (χ3v) is 10.4. The minimum Gasteiger partial charge on any atom is -0.393 e. The Balaban J connectivity index is 1.50. The number of carbonyl (C=O) groups is 2. The second-order valence-corrected chi connectivity index (χ2v) is 12.4. The van der Waals surface area contributed by atoms with Crippen molar-refractivity contribution in [2.45, 2.75) is 105 Å². The van der Waals surface area contributed by atoms with Crippen LogP contribution >= 0.6 is 0 Å². The maximum Gasteiger partial charge on any atom is 0.314 e. The molecule has 4 fully saturated rings. The highest BCUT2D eigenvalue weighted by Gasteiger charge is 2.61. The molecule has 3 aliphatic carbocycles. The lowest BCUT2D eigenvalue weighted by molar-refractivity contribution is -0.159. The van der Waals surface area contributed by atoms with Gasteiger partial charge in [0.2, 0.25) is 0 Å². The molecule has 0 spiro atoms. The summed E-state index contributed by atoms with van der Waals surface area (Å²) in [6.07, 6.45) is 12.7. The molecule has 30 heavy (non-hydrogen) atoms. The van der Waals surface area contributed by atoms with Crippen molar-refractivity contribution in [1.82, 2.24) is 0 Å². The molecule has 4 aliphatic rings. The predicted octanol–water partition coefficient (Wildman–Crippen LogP) is 6.79. The van der Waals surface area contributed by atoms with Gasteiger partial charge in [0.1, 0.15) is 0 Å². The van der Waals surface area contributed by atoms with Gasteiger partial charge >= 0.3 is 11.9 Å². The number of cyclic esters (lactones) is 2. The van der Waals surface area contributed by atoms with Crippen LogP contribution < -0.4 is 0 Å². The molecular weight excluding hydrogens is 372 g/mol. The van der Waals surface area contributed by atoms with E-state index in [0.29, 0.717) is 30.1 Å². The fraction of sp³-hybridized carbons (Fsp3) is 0.926. The van der Waals surface area contributed by atoms with Gasteiger partial charge in [-0.3, -0.25) is 9.59 Å². The summed E-state index contributed by atoms with van der Waals surface area (Å²) in [5, 5.41) is 0. The molecule has 8 unspecified atom stereocenters. The largest absolute Gasteiger partial charge is 0.393 e. The van der Waals surface area contributed by atoms with Crippen LogP contribution in [-0.2, 0) is 14.3 Å². The molecule has 1 aliphatic heterocycles. The topological polar surface area (TPSA) is 43.4 Å². The maximum atomic E-state index is 12.4. The molecule has 1 heterocycles. The average molecular weight is 417 g/mol. The minimum atomic E-state index is -0.288. The van der Waals surface area contributed by atoms with Crippen molar-refractivity contribution in [3.8, 4) is 0 Å². The quantitative estimate of drug-likeness (QED) is 0.366. The molecule has 3 nitrogen and oxygen atoms in total. The van der Waals surface area contributed by atoms with E-state index < -0.39 is 0 Å². The van der Waals surface area contributed by atoms with Crippen molar-refractivity contribution in [1.29, 1.82) is 0 Å². The maximum absolute atomic E-state index is 12.4. The summed E-state index contributed by atoms with van der Waals surface area (Å²) >= 11 is 0. The Hall–Kier alpha value is -0.860. The van der Waals surface area contributed by atoms with E-state index in [1.165, 1.54) is 51.4 Å². The van der Waals surface area contributed by atoms with Crippen molar-refractivity contribution < 1.29 is 14.3 Å². The van der Waals surface area contributed by atoms with E-state index in [1.807, 2.05) is 0 Å². The van der Waals surface area contributed by atoms with Gasteiger partial charge in [0.05, 0.1) is 6.42 Å². The van der Waals surface area contributed by atoms with E-state index in [9.17, 15) is 9.59 Å². The molecule has 0 amide bonds. The second kappa shape index (κ2) is 8.24.